The molecule has 1 aliphatic heterocycles. The molecule has 2 aromatic carbocycles. The van der Waals surface area contributed by atoms with Crippen LogP contribution in [0.15, 0.2) is 48.5 Å². The molecule has 1 aromatic heterocycles. The van der Waals surface area contributed by atoms with Gasteiger partial charge in [-0.2, -0.15) is 0 Å². The maximum absolute atomic E-state index is 13.8. The predicted octanol–water partition coefficient (Wildman–Crippen LogP) is 5.81. The molecule has 0 unspecified atom stereocenters. The molecule has 156 valence electrons. The molecule has 4 rings (SSSR count). The van der Waals surface area contributed by atoms with Crippen molar-refractivity contribution in [3.63, 3.8) is 0 Å². The molecule has 0 spiro atoms. The lowest BCUT2D eigenvalue weighted by atomic mass is 10.1. The van der Waals surface area contributed by atoms with E-state index in [0.29, 0.717) is 12.2 Å². The summed E-state index contributed by atoms with van der Waals surface area (Å²) in [5.41, 5.74) is 6.23. The first-order chi connectivity index (χ1) is 14.6. The number of aryl methyl sites for hydroxylation is 2. The molecule has 3 aromatic rings. The van der Waals surface area contributed by atoms with Gasteiger partial charge < -0.3 is 9.47 Å². The SMILES string of the molecule is CCc1ccccc1N(CC)C(=O)c1nc(-c2ccc(C)cc2)n2c1CCCCC2. The number of imidazole rings is 1. The van der Waals surface area contributed by atoms with Gasteiger partial charge in [-0.15, -0.1) is 0 Å². The summed E-state index contributed by atoms with van der Waals surface area (Å²) in [6.07, 6.45) is 5.24. The molecular formula is C26H31N3O. The molecule has 30 heavy (non-hydrogen) atoms. The van der Waals surface area contributed by atoms with Crippen molar-refractivity contribution < 1.29 is 4.79 Å². The zero-order chi connectivity index (χ0) is 21.1. The summed E-state index contributed by atoms with van der Waals surface area (Å²) < 4.78 is 2.30. The summed E-state index contributed by atoms with van der Waals surface area (Å²) in [7, 11) is 0. The van der Waals surface area contributed by atoms with Gasteiger partial charge in [0, 0.05) is 24.3 Å². The smallest absolute Gasteiger partial charge is 0.278 e. The molecule has 0 bridgehead atoms. The first-order valence-electron chi connectivity index (χ1n) is 11.2. The van der Waals surface area contributed by atoms with Crippen LogP contribution in [0.2, 0.25) is 0 Å². The van der Waals surface area contributed by atoms with Gasteiger partial charge in [0.2, 0.25) is 0 Å². The lowest BCUT2D eigenvalue weighted by Crippen LogP contribution is -2.32. The quantitative estimate of drug-likeness (QED) is 0.541. The highest BCUT2D eigenvalue weighted by molar-refractivity contribution is 6.06. The predicted molar refractivity (Wildman–Crippen MR) is 123 cm³/mol. The fourth-order valence-electron chi connectivity index (χ4n) is 4.44. The Hall–Kier alpha value is -2.88. The Balaban J connectivity index is 1.81. The third-order valence-corrected chi connectivity index (χ3v) is 6.10. The number of aromatic nitrogens is 2. The first-order valence-corrected chi connectivity index (χ1v) is 11.2. The minimum atomic E-state index is 0.0161. The van der Waals surface area contributed by atoms with E-state index in [1.807, 2.05) is 24.0 Å². The number of hydrogen-bond acceptors (Lipinski definition) is 2. The molecule has 0 fully saturated rings. The third kappa shape index (κ3) is 3.79. The van der Waals surface area contributed by atoms with Gasteiger partial charge in [-0.1, -0.05) is 61.4 Å². The van der Waals surface area contributed by atoms with Crippen molar-refractivity contribution in [3.05, 3.63) is 71.0 Å². The number of hydrogen-bond donors (Lipinski definition) is 0. The number of rotatable bonds is 5. The van der Waals surface area contributed by atoms with Crippen LogP contribution >= 0.6 is 0 Å². The van der Waals surface area contributed by atoms with Gasteiger partial charge in [0.1, 0.15) is 5.82 Å². The fourth-order valence-corrected chi connectivity index (χ4v) is 4.44. The minimum Gasteiger partial charge on any atom is -0.327 e. The molecular weight excluding hydrogens is 370 g/mol. The van der Waals surface area contributed by atoms with Crippen LogP contribution in [0, 0.1) is 6.92 Å². The highest BCUT2D eigenvalue weighted by atomic mass is 16.2. The van der Waals surface area contributed by atoms with Crippen molar-refractivity contribution in [1.82, 2.24) is 9.55 Å². The average molecular weight is 402 g/mol. The van der Waals surface area contributed by atoms with Crippen molar-refractivity contribution in [2.75, 3.05) is 11.4 Å². The second-order valence-electron chi connectivity index (χ2n) is 8.09. The first kappa shape index (κ1) is 20.4. The summed E-state index contributed by atoms with van der Waals surface area (Å²) in [5.74, 6) is 0.942. The Morgan fingerprint density at radius 3 is 2.53 bits per heavy atom. The molecule has 1 aliphatic rings. The number of carbonyl (C=O) groups is 1. The van der Waals surface area contributed by atoms with Gasteiger partial charge in [0.15, 0.2) is 5.69 Å². The number of fused-ring (bicyclic) bond motifs is 1. The molecule has 0 atom stereocenters. The van der Waals surface area contributed by atoms with Gasteiger partial charge in [-0.05, 0) is 51.2 Å². The lowest BCUT2D eigenvalue weighted by molar-refractivity contribution is 0.0982. The van der Waals surface area contributed by atoms with E-state index in [2.05, 4.69) is 54.8 Å². The zero-order valence-corrected chi connectivity index (χ0v) is 18.3. The van der Waals surface area contributed by atoms with Crippen LogP contribution in [0.1, 0.15) is 60.4 Å². The molecule has 1 amide bonds. The summed E-state index contributed by atoms with van der Waals surface area (Å²) in [5, 5.41) is 0. The average Bonchev–Trinajstić information content (AvgIpc) is 2.96. The molecule has 2 heterocycles. The van der Waals surface area contributed by atoms with Crippen molar-refractivity contribution in [2.45, 2.75) is 59.4 Å². The van der Waals surface area contributed by atoms with Crippen LogP contribution in [-0.2, 0) is 19.4 Å². The van der Waals surface area contributed by atoms with Crippen LogP contribution in [-0.4, -0.2) is 22.0 Å². The van der Waals surface area contributed by atoms with Gasteiger partial charge >= 0.3 is 0 Å². The van der Waals surface area contributed by atoms with Crippen molar-refractivity contribution >= 4 is 11.6 Å². The monoisotopic (exact) mass is 401 g/mol. The van der Waals surface area contributed by atoms with E-state index < -0.39 is 0 Å². The van der Waals surface area contributed by atoms with E-state index >= 15 is 0 Å². The number of nitrogens with zero attached hydrogens (tertiary/aromatic N) is 3. The summed E-state index contributed by atoms with van der Waals surface area (Å²) in [6.45, 7) is 7.82. The molecule has 0 saturated heterocycles. The van der Waals surface area contributed by atoms with Crippen LogP contribution in [0.3, 0.4) is 0 Å². The largest absolute Gasteiger partial charge is 0.327 e. The van der Waals surface area contributed by atoms with Gasteiger partial charge in [-0.25, -0.2) is 4.98 Å². The molecule has 4 heteroatoms. The number of amides is 1. The Morgan fingerprint density at radius 1 is 1.03 bits per heavy atom. The van der Waals surface area contributed by atoms with E-state index in [0.717, 1.165) is 55.0 Å². The van der Waals surface area contributed by atoms with Crippen molar-refractivity contribution in [3.8, 4) is 11.4 Å². The standard InChI is InChI=1S/C26H31N3O/c1-4-20-11-8-9-12-22(20)28(5-2)26(30)24-23-13-7-6-10-18-29(23)25(27-24)21-16-14-19(3)15-17-21/h8-9,11-12,14-17H,4-7,10,13,18H2,1-3H3. The number of para-hydroxylation sites is 1. The highest BCUT2D eigenvalue weighted by Gasteiger charge is 2.28. The second kappa shape index (κ2) is 8.86. The highest BCUT2D eigenvalue weighted by Crippen LogP contribution is 2.30. The van der Waals surface area contributed by atoms with Crippen molar-refractivity contribution in [1.29, 1.82) is 0 Å². The Labute approximate surface area is 179 Å². The maximum Gasteiger partial charge on any atom is 0.278 e. The van der Waals surface area contributed by atoms with E-state index in [4.69, 9.17) is 4.98 Å². The normalized spacial score (nSPS) is 13.6. The van der Waals surface area contributed by atoms with Crippen LogP contribution in [0.25, 0.3) is 11.4 Å². The van der Waals surface area contributed by atoms with E-state index in [1.165, 1.54) is 17.5 Å². The lowest BCUT2D eigenvalue weighted by Gasteiger charge is -2.23. The Bertz CT molecular complexity index is 1030. The molecule has 4 nitrogen and oxygen atoms in total. The fraction of sp³-hybridized carbons (Fsp3) is 0.385. The summed E-state index contributed by atoms with van der Waals surface area (Å²) in [4.78, 5) is 20.6. The van der Waals surface area contributed by atoms with E-state index in [1.54, 1.807) is 0 Å². The van der Waals surface area contributed by atoms with Crippen LogP contribution < -0.4 is 4.90 Å². The number of carbonyl (C=O) groups excluding carboxylic acids is 1. The number of benzene rings is 2. The molecule has 0 aliphatic carbocycles. The Morgan fingerprint density at radius 2 is 1.80 bits per heavy atom. The van der Waals surface area contributed by atoms with Gasteiger partial charge in [0.25, 0.3) is 5.91 Å². The maximum atomic E-state index is 13.8. The minimum absolute atomic E-state index is 0.0161. The zero-order valence-electron chi connectivity index (χ0n) is 18.3. The molecule has 0 radical (unpaired) electrons. The Kier molecular flexibility index (Phi) is 6.03. The van der Waals surface area contributed by atoms with E-state index in [-0.39, 0.29) is 5.91 Å². The van der Waals surface area contributed by atoms with Gasteiger partial charge in [0.05, 0.1) is 5.69 Å². The number of anilines is 1. The van der Waals surface area contributed by atoms with E-state index in [9.17, 15) is 4.79 Å². The van der Waals surface area contributed by atoms with Crippen LogP contribution in [0.4, 0.5) is 5.69 Å². The van der Waals surface area contributed by atoms with Crippen molar-refractivity contribution in [2.24, 2.45) is 0 Å². The molecule has 0 saturated carbocycles. The summed E-state index contributed by atoms with van der Waals surface area (Å²) in [6, 6.07) is 16.7. The van der Waals surface area contributed by atoms with Gasteiger partial charge in [-0.3, -0.25) is 4.79 Å². The van der Waals surface area contributed by atoms with Crippen LogP contribution in [0.5, 0.6) is 0 Å². The second-order valence-corrected chi connectivity index (χ2v) is 8.09. The third-order valence-electron chi connectivity index (χ3n) is 6.10. The molecule has 0 N–H and O–H groups in total. The summed E-state index contributed by atoms with van der Waals surface area (Å²) >= 11 is 0. The topological polar surface area (TPSA) is 38.1 Å².